The fraction of sp³-hybridized carbons (Fsp3) is 0.944. The predicted octanol–water partition coefficient (Wildman–Crippen LogP) is 3.19. The predicted molar refractivity (Wildman–Crippen MR) is 83.1 cm³/mol. The van der Waals surface area contributed by atoms with Crippen LogP contribution in [0.15, 0.2) is 0 Å². The van der Waals surface area contributed by atoms with Crippen molar-refractivity contribution in [1.82, 2.24) is 0 Å². The topological polar surface area (TPSA) is 46.3 Å². The van der Waals surface area contributed by atoms with Gasteiger partial charge in [-0.05, 0) is 67.6 Å². The van der Waals surface area contributed by atoms with Gasteiger partial charge in [0, 0.05) is 11.8 Å². The van der Waals surface area contributed by atoms with Crippen LogP contribution in [0.2, 0.25) is 0 Å². The summed E-state index contributed by atoms with van der Waals surface area (Å²) in [5, 5.41) is 22.4. The average molecular weight is 291 g/mol. The Kier molecular flexibility index (Phi) is 2.99. The Labute approximate surface area is 128 Å². The molecule has 0 unspecified atom stereocenters. The van der Waals surface area contributed by atoms with Crippen LogP contribution < -0.4 is 0 Å². The van der Waals surface area contributed by atoms with Crippen LogP contribution in [0.5, 0.6) is 0 Å². The molecule has 0 bridgehead atoms. The summed E-state index contributed by atoms with van der Waals surface area (Å²) < 4.78 is 1.20. The van der Waals surface area contributed by atoms with Crippen molar-refractivity contribution in [2.24, 2.45) is 34.5 Å². The summed E-state index contributed by atoms with van der Waals surface area (Å²) in [7, 11) is 0. The van der Waals surface area contributed by atoms with E-state index in [9.17, 15) is 10.3 Å². The van der Waals surface area contributed by atoms with Crippen LogP contribution in [-0.2, 0) is 0 Å². The Bertz CT molecular complexity index is 476. The normalized spacial score (nSPS) is 56.1. The SMILES string of the molecule is C[C@]12C[N+]([O-])=CC[C@@H]1CC[C@@H]1[C@@H]2CC[C@]2(C)[C@@H](O)CC[C@@H]12. The zero-order chi connectivity index (χ0) is 14.8. The molecule has 0 spiro atoms. The highest BCUT2D eigenvalue weighted by atomic mass is 16.5. The number of aliphatic hydroxyl groups is 1. The molecule has 0 radical (unpaired) electrons. The smallest absolute Gasteiger partial charge is 0.158 e. The maximum Gasteiger partial charge on any atom is 0.158 e. The van der Waals surface area contributed by atoms with E-state index >= 15 is 0 Å². The molecule has 7 atom stereocenters. The molecule has 3 saturated carbocycles. The van der Waals surface area contributed by atoms with Gasteiger partial charge in [-0.3, -0.25) is 0 Å². The summed E-state index contributed by atoms with van der Waals surface area (Å²) >= 11 is 0. The molecule has 0 saturated heterocycles. The molecule has 21 heavy (non-hydrogen) atoms. The fourth-order valence-electron chi connectivity index (χ4n) is 6.79. The lowest BCUT2D eigenvalue weighted by molar-refractivity contribution is -0.489. The molecule has 3 aliphatic carbocycles. The standard InChI is InChI=1S/C18H29NO2/c1-17-9-7-15-13(14(17)5-6-16(17)20)4-3-12-8-10-19(21)11-18(12,15)2/h10,12-16,20H,3-9,11H2,1-2H3/t12-,13-,14-,15-,16-,17-,18-/m0/s1. The van der Waals surface area contributed by atoms with Gasteiger partial charge in [0.25, 0.3) is 0 Å². The largest absolute Gasteiger partial charge is 0.624 e. The van der Waals surface area contributed by atoms with Gasteiger partial charge in [0.1, 0.15) is 0 Å². The lowest BCUT2D eigenvalue weighted by Crippen LogP contribution is -2.56. The lowest BCUT2D eigenvalue weighted by Gasteiger charge is -2.58. The van der Waals surface area contributed by atoms with E-state index in [0.717, 1.165) is 25.2 Å². The molecular weight excluding hydrogens is 262 g/mol. The minimum absolute atomic E-state index is 0.0929. The van der Waals surface area contributed by atoms with E-state index in [1.807, 2.05) is 6.21 Å². The van der Waals surface area contributed by atoms with Crippen LogP contribution in [0.25, 0.3) is 0 Å². The van der Waals surface area contributed by atoms with E-state index in [1.54, 1.807) is 0 Å². The van der Waals surface area contributed by atoms with Gasteiger partial charge in [-0.2, -0.15) is 0 Å². The van der Waals surface area contributed by atoms with Crippen LogP contribution in [0.4, 0.5) is 0 Å². The third-order valence-corrected chi connectivity index (χ3v) is 8.11. The maximum atomic E-state index is 12.0. The van der Waals surface area contributed by atoms with Crippen LogP contribution in [0.1, 0.15) is 58.8 Å². The molecule has 1 heterocycles. The first-order valence-electron chi connectivity index (χ1n) is 8.90. The average Bonchev–Trinajstić information content (AvgIpc) is 2.74. The number of rotatable bonds is 0. The number of nitrogens with zero attached hydrogens (tertiary/aromatic N) is 1. The first-order valence-corrected chi connectivity index (χ1v) is 8.90. The summed E-state index contributed by atoms with van der Waals surface area (Å²) in [5.41, 5.74) is 0.358. The van der Waals surface area contributed by atoms with Crippen LogP contribution in [0, 0.1) is 39.7 Å². The monoisotopic (exact) mass is 291 g/mol. The van der Waals surface area contributed by atoms with Gasteiger partial charge in [0.15, 0.2) is 12.8 Å². The van der Waals surface area contributed by atoms with E-state index in [0.29, 0.717) is 24.3 Å². The first kappa shape index (κ1) is 14.0. The van der Waals surface area contributed by atoms with E-state index in [4.69, 9.17) is 0 Å². The highest BCUT2D eigenvalue weighted by molar-refractivity contribution is 5.53. The molecule has 0 aromatic heterocycles. The highest BCUT2D eigenvalue weighted by Gasteiger charge is 2.60. The number of hydroxylamine groups is 1. The van der Waals surface area contributed by atoms with Crippen LogP contribution in [0.3, 0.4) is 0 Å². The molecule has 3 fully saturated rings. The first-order chi connectivity index (χ1) is 9.95. The number of fused-ring (bicyclic) bond motifs is 5. The van der Waals surface area contributed by atoms with Crippen molar-refractivity contribution in [2.45, 2.75) is 64.9 Å². The molecule has 3 heteroatoms. The van der Waals surface area contributed by atoms with Crippen molar-refractivity contribution >= 4 is 6.21 Å². The van der Waals surface area contributed by atoms with Crippen molar-refractivity contribution in [3.63, 3.8) is 0 Å². The highest BCUT2D eigenvalue weighted by Crippen LogP contribution is 2.64. The van der Waals surface area contributed by atoms with Gasteiger partial charge in [-0.1, -0.05) is 13.8 Å². The van der Waals surface area contributed by atoms with Gasteiger partial charge < -0.3 is 10.3 Å². The van der Waals surface area contributed by atoms with Crippen molar-refractivity contribution < 1.29 is 9.85 Å². The zero-order valence-corrected chi connectivity index (χ0v) is 13.4. The molecule has 4 rings (SSSR count). The Morgan fingerprint density at radius 2 is 1.81 bits per heavy atom. The second-order valence-corrected chi connectivity index (χ2v) is 8.79. The molecule has 0 amide bonds. The quantitative estimate of drug-likeness (QED) is 0.550. The van der Waals surface area contributed by atoms with E-state index in [2.05, 4.69) is 13.8 Å². The summed E-state index contributed by atoms with van der Waals surface area (Å²) in [6.45, 7) is 5.42. The third kappa shape index (κ3) is 1.79. The Morgan fingerprint density at radius 3 is 2.62 bits per heavy atom. The number of aliphatic hydroxyl groups excluding tert-OH is 1. The van der Waals surface area contributed by atoms with E-state index < -0.39 is 0 Å². The van der Waals surface area contributed by atoms with E-state index in [1.165, 1.54) is 30.4 Å². The van der Waals surface area contributed by atoms with Gasteiger partial charge >= 0.3 is 0 Å². The van der Waals surface area contributed by atoms with Crippen molar-refractivity contribution in [1.29, 1.82) is 0 Å². The second kappa shape index (κ2) is 4.47. The minimum Gasteiger partial charge on any atom is -0.624 e. The van der Waals surface area contributed by atoms with Crippen molar-refractivity contribution in [3.05, 3.63) is 5.21 Å². The Balaban J connectivity index is 1.66. The Hall–Kier alpha value is -0.570. The molecule has 0 aromatic carbocycles. The molecule has 4 aliphatic rings. The minimum atomic E-state index is -0.0929. The van der Waals surface area contributed by atoms with Crippen LogP contribution >= 0.6 is 0 Å². The van der Waals surface area contributed by atoms with E-state index in [-0.39, 0.29) is 16.9 Å². The maximum absolute atomic E-state index is 12.0. The molecule has 1 aliphatic heterocycles. The number of hydrogen-bond donors (Lipinski definition) is 1. The molecule has 118 valence electrons. The lowest BCUT2D eigenvalue weighted by atomic mass is 9.47. The molecule has 1 N–H and O–H groups in total. The van der Waals surface area contributed by atoms with Gasteiger partial charge in [-0.25, -0.2) is 4.74 Å². The number of hydrogen-bond acceptors (Lipinski definition) is 2. The van der Waals surface area contributed by atoms with Crippen molar-refractivity contribution in [2.75, 3.05) is 6.54 Å². The summed E-state index contributed by atoms with van der Waals surface area (Å²) in [5.74, 6) is 2.84. The summed E-state index contributed by atoms with van der Waals surface area (Å²) in [4.78, 5) is 0. The summed E-state index contributed by atoms with van der Waals surface area (Å²) in [6, 6.07) is 0. The molecular formula is C18H29NO2. The molecule has 3 nitrogen and oxygen atoms in total. The second-order valence-electron chi connectivity index (χ2n) is 8.79. The zero-order valence-electron chi connectivity index (χ0n) is 13.4. The van der Waals surface area contributed by atoms with Gasteiger partial charge in [-0.15, -0.1) is 0 Å². The molecule has 0 aromatic rings. The summed E-state index contributed by atoms with van der Waals surface area (Å²) in [6.07, 6.45) is 9.94. The van der Waals surface area contributed by atoms with Crippen molar-refractivity contribution in [3.8, 4) is 0 Å². The van der Waals surface area contributed by atoms with Gasteiger partial charge in [0.2, 0.25) is 0 Å². The third-order valence-electron chi connectivity index (χ3n) is 8.11. The Morgan fingerprint density at radius 1 is 1.05 bits per heavy atom. The van der Waals surface area contributed by atoms with Gasteiger partial charge in [0.05, 0.1) is 6.10 Å². The van der Waals surface area contributed by atoms with Crippen LogP contribution in [-0.4, -0.2) is 28.7 Å². The fourth-order valence-corrected chi connectivity index (χ4v) is 6.79.